The molecular formula is C13H15N3O2. The summed E-state index contributed by atoms with van der Waals surface area (Å²) < 4.78 is 0. The Hall–Kier alpha value is -1.93. The molecular weight excluding hydrogens is 230 g/mol. The van der Waals surface area contributed by atoms with E-state index in [4.69, 9.17) is 5.26 Å². The van der Waals surface area contributed by atoms with E-state index in [1.807, 2.05) is 13.0 Å². The van der Waals surface area contributed by atoms with Gasteiger partial charge in [-0.05, 0) is 18.6 Å². The maximum atomic E-state index is 12.0. The van der Waals surface area contributed by atoms with Gasteiger partial charge in [0.2, 0.25) is 0 Å². The zero-order chi connectivity index (χ0) is 13.2. The Morgan fingerprint density at radius 3 is 2.83 bits per heavy atom. The predicted octanol–water partition coefficient (Wildman–Crippen LogP) is 0.940. The largest absolute Gasteiger partial charge is 0.386 e. The molecule has 94 valence electrons. The summed E-state index contributed by atoms with van der Waals surface area (Å²) >= 11 is 0. The highest BCUT2D eigenvalue weighted by Gasteiger charge is 2.43. The molecule has 1 aliphatic rings. The zero-order valence-corrected chi connectivity index (χ0v) is 10.3. The second-order valence-corrected chi connectivity index (χ2v) is 4.68. The fraction of sp³-hybridized carbons (Fsp3) is 0.462. The molecule has 1 aromatic rings. The number of hydrogen-bond acceptors (Lipinski definition) is 4. The summed E-state index contributed by atoms with van der Waals surface area (Å²) in [5.74, 6) is -0.194. The molecule has 0 saturated carbocycles. The second-order valence-electron chi connectivity index (χ2n) is 4.68. The fourth-order valence-electron chi connectivity index (χ4n) is 2.18. The summed E-state index contributed by atoms with van der Waals surface area (Å²) in [6, 6.07) is 5.06. The maximum absolute atomic E-state index is 12.0. The summed E-state index contributed by atoms with van der Waals surface area (Å²) in [7, 11) is 0. The van der Waals surface area contributed by atoms with Crippen molar-refractivity contribution in [1.29, 1.82) is 5.26 Å². The van der Waals surface area contributed by atoms with Crippen LogP contribution in [0.3, 0.4) is 0 Å². The van der Waals surface area contributed by atoms with E-state index in [0.29, 0.717) is 30.8 Å². The van der Waals surface area contributed by atoms with Crippen LogP contribution in [0.25, 0.3) is 0 Å². The Morgan fingerprint density at radius 2 is 2.33 bits per heavy atom. The Morgan fingerprint density at radius 1 is 1.61 bits per heavy atom. The topological polar surface area (TPSA) is 77.2 Å². The molecule has 18 heavy (non-hydrogen) atoms. The molecule has 1 fully saturated rings. The number of nitrogens with zero attached hydrogens (tertiary/aromatic N) is 3. The number of pyridine rings is 1. The van der Waals surface area contributed by atoms with Crippen LogP contribution in [-0.2, 0) is 0 Å². The predicted molar refractivity (Wildman–Crippen MR) is 64.7 cm³/mol. The highest BCUT2D eigenvalue weighted by atomic mass is 16.3. The van der Waals surface area contributed by atoms with Crippen molar-refractivity contribution in [2.75, 3.05) is 13.1 Å². The molecule has 1 aliphatic heterocycles. The van der Waals surface area contributed by atoms with Crippen molar-refractivity contribution >= 4 is 5.91 Å². The van der Waals surface area contributed by atoms with Gasteiger partial charge in [0, 0.05) is 6.20 Å². The van der Waals surface area contributed by atoms with Gasteiger partial charge in [-0.1, -0.05) is 13.3 Å². The highest BCUT2D eigenvalue weighted by Crippen LogP contribution is 2.26. The average Bonchev–Trinajstić information content (AvgIpc) is 2.35. The summed E-state index contributed by atoms with van der Waals surface area (Å²) in [6.07, 6.45) is 2.98. The molecule has 0 aliphatic carbocycles. The molecule has 5 nitrogen and oxygen atoms in total. The SMILES string of the molecule is CCCC1(O)CN(C(=O)c2ccc(C#N)cn2)C1. The number of likely N-dealkylation sites (tertiary alicyclic amines) is 1. The number of β-amino-alcohol motifs (C(OH)–C–C–N with tert-alkyl or cyclic N) is 1. The molecule has 0 bridgehead atoms. The van der Waals surface area contributed by atoms with Crippen molar-refractivity contribution in [2.45, 2.75) is 25.4 Å². The van der Waals surface area contributed by atoms with E-state index in [0.717, 1.165) is 6.42 Å². The lowest BCUT2D eigenvalue weighted by Crippen LogP contribution is -2.63. The standard InChI is InChI=1S/C13H15N3O2/c1-2-5-13(18)8-16(9-13)12(17)11-4-3-10(6-14)7-15-11/h3-4,7,18H,2,5,8-9H2,1H3. The quantitative estimate of drug-likeness (QED) is 0.859. The van der Waals surface area contributed by atoms with Gasteiger partial charge in [-0.25, -0.2) is 4.98 Å². The lowest BCUT2D eigenvalue weighted by molar-refractivity contribution is -0.0861. The van der Waals surface area contributed by atoms with Crippen molar-refractivity contribution in [1.82, 2.24) is 9.88 Å². The first-order valence-corrected chi connectivity index (χ1v) is 5.96. The third-order valence-electron chi connectivity index (χ3n) is 3.08. The Labute approximate surface area is 106 Å². The Balaban J connectivity index is 1.99. The molecule has 1 N–H and O–H groups in total. The second kappa shape index (κ2) is 4.75. The third kappa shape index (κ3) is 2.34. The van der Waals surface area contributed by atoms with Crippen LogP contribution in [0.2, 0.25) is 0 Å². The van der Waals surface area contributed by atoms with Gasteiger partial charge in [-0.15, -0.1) is 0 Å². The van der Waals surface area contributed by atoms with Crippen LogP contribution in [0.15, 0.2) is 18.3 Å². The fourth-order valence-corrected chi connectivity index (χ4v) is 2.18. The molecule has 1 aromatic heterocycles. The van der Waals surface area contributed by atoms with E-state index in [1.54, 1.807) is 11.0 Å². The van der Waals surface area contributed by atoms with Gasteiger partial charge < -0.3 is 10.0 Å². The average molecular weight is 245 g/mol. The Bertz CT molecular complexity index is 484. The molecule has 1 saturated heterocycles. The summed E-state index contributed by atoms with van der Waals surface area (Å²) in [6.45, 7) is 2.73. The van der Waals surface area contributed by atoms with Crippen molar-refractivity contribution in [3.63, 3.8) is 0 Å². The minimum atomic E-state index is -0.725. The van der Waals surface area contributed by atoms with Crippen LogP contribution < -0.4 is 0 Å². The lowest BCUT2D eigenvalue weighted by atomic mass is 9.89. The van der Waals surface area contributed by atoms with Crippen LogP contribution in [0, 0.1) is 11.3 Å². The van der Waals surface area contributed by atoms with Crippen molar-refractivity contribution < 1.29 is 9.90 Å². The summed E-state index contributed by atoms with van der Waals surface area (Å²) in [5, 5.41) is 18.6. The number of amides is 1. The van der Waals surface area contributed by atoms with E-state index in [9.17, 15) is 9.90 Å². The number of carbonyl (C=O) groups excluding carboxylic acids is 1. The van der Waals surface area contributed by atoms with Crippen LogP contribution in [0.4, 0.5) is 0 Å². The van der Waals surface area contributed by atoms with Crippen LogP contribution in [0.5, 0.6) is 0 Å². The van der Waals surface area contributed by atoms with E-state index in [-0.39, 0.29) is 5.91 Å². The van der Waals surface area contributed by atoms with E-state index in [1.165, 1.54) is 12.3 Å². The van der Waals surface area contributed by atoms with Gasteiger partial charge in [0.25, 0.3) is 5.91 Å². The molecule has 0 spiro atoms. The molecule has 2 rings (SSSR count). The molecule has 2 heterocycles. The van der Waals surface area contributed by atoms with E-state index in [2.05, 4.69) is 4.98 Å². The number of hydrogen-bond donors (Lipinski definition) is 1. The minimum Gasteiger partial charge on any atom is -0.386 e. The van der Waals surface area contributed by atoms with Crippen molar-refractivity contribution in [2.24, 2.45) is 0 Å². The Kier molecular flexibility index (Phi) is 3.30. The van der Waals surface area contributed by atoms with Crippen molar-refractivity contribution in [3.05, 3.63) is 29.6 Å². The molecule has 0 radical (unpaired) electrons. The lowest BCUT2D eigenvalue weighted by Gasteiger charge is -2.46. The molecule has 1 amide bonds. The van der Waals surface area contributed by atoms with Crippen LogP contribution >= 0.6 is 0 Å². The first-order valence-electron chi connectivity index (χ1n) is 5.96. The third-order valence-corrected chi connectivity index (χ3v) is 3.08. The number of nitriles is 1. The van der Waals surface area contributed by atoms with Crippen LogP contribution in [0.1, 0.15) is 35.8 Å². The van der Waals surface area contributed by atoms with E-state index < -0.39 is 5.60 Å². The maximum Gasteiger partial charge on any atom is 0.272 e. The summed E-state index contributed by atoms with van der Waals surface area (Å²) in [5.41, 5.74) is 0.0157. The molecule has 5 heteroatoms. The first kappa shape index (κ1) is 12.5. The number of carbonyl (C=O) groups is 1. The first-order chi connectivity index (χ1) is 8.58. The van der Waals surface area contributed by atoms with Crippen LogP contribution in [-0.4, -0.2) is 39.6 Å². The number of aliphatic hydroxyl groups is 1. The van der Waals surface area contributed by atoms with Gasteiger partial charge in [0.15, 0.2) is 0 Å². The summed E-state index contributed by atoms with van der Waals surface area (Å²) in [4.78, 5) is 17.5. The normalized spacial score (nSPS) is 16.8. The van der Waals surface area contributed by atoms with Gasteiger partial charge in [0.1, 0.15) is 11.8 Å². The van der Waals surface area contributed by atoms with Gasteiger partial charge in [-0.3, -0.25) is 4.79 Å². The van der Waals surface area contributed by atoms with Gasteiger partial charge in [-0.2, -0.15) is 5.26 Å². The van der Waals surface area contributed by atoms with Gasteiger partial charge >= 0.3 is 0 Å². The molecule has 0 atom stereocenters. The van der Waals surface area contributed by atoms with E-state index >= 15 is 0 Å². The highest BCUT2D eigenvalue weighted by molar-refractivity contribution is 5.93. The minimum absolute atomic E-state index is 0.194. The monoisotopic (exact) mass is 245 g/mol. The zero-order valence-electron chi connectivity index (χ0n) is 10.3. The number of rotatable bonds is 3. The number of aromatic nitrogens is 1. The van der Waals surface area contributed by atoms with Gasteiger partial charge in [0.05, 0.1) is 24.3 Å². The van der Waals surface area contributed by atoms with Crippen molar-refractivity contribution in [3.8, 4) is 6.07 Å². The molecule has 0 aromatic carbocycles. The molecule has 0 unspecified atom stereocenters. The smallest absolute Gasteiger partial charge is 0.272 e.